The third-order valence-corrected chi connectivity index (χ3v) is 3.96. The molecule has 0 aromatic heterocycles. The van der Waals surface area contributed by atoms with Crippen molar-refractivity contribution in [3.05, 3.63) is 64.7 Å². The van der Waals surface area contributed by atoms with Gasteiger partial charge in [0.25, 0.3) is 5.91 Å². The molecule has 0 fully saturated rings. The van der Waals surface area contributed by atoms with Gasteiger partial charge in [-0.3, -0.25) is 4.79 Å². The zero-order chi connectivity index (χ0) is 15.0. The predicted octanol–water partition coefficient (Wildman–Crippen LogP) is 2.09. The van der Waals surface area contributed by atoms with Crippen molar-refractivity contribution < 1.29 is 15.0 Å². The highest BCUT2D eigenvalue weighted by Gasteiger charge is 2.32. The van der Waals surface area contributed by atoms with Gasteiger partial charge < -0.3 is 15.5 Å². The van der Waals surface area contributed by atoms with Gasteiger partial charge in [0, 0.05) is 12.0 Å². The maximum Gasteiger partial charge on any atom is 0.251 e. The Kier molecular flexibility index (Phi) is 3.39. The van der Waals surface area contributed by atoms with E-state index in [1.807, 2.05) is 24.3 Å². The van der Waals surface area contributed by atoms with Crippen LogP contribution in [0, 0.1) is 6.92 Å². The molecule has 1 aliphatic carbocycles. The summed E-state index contributed by atoms with van der Waals surface area (Å²) in [5, 5.41) is 22.7. The average Bonchev–Trinajstić information content (AvgIpc) is 2.78. The lowest BCUT2D eigenvalue weighted by atomic mass is 10.1. The molecule has 0 saturated carbocycles. The first-order valence-electron chi connectivity index (χ1n) is 6.92. The van der Waals surface area contributed by atoms with Crippen LogP contribution in [0.1, 0.15) is 33.1 Å². The molecule has 0 heterocycles. The van der Waals surface area contributed by atoms with E-state index in [0.29, 0.717) is 12.0 Å². The number of amides is 1. The van der Waals surface area contributed by atoms with E-state index in [9.17, 15) is 15.0 Å². The van der Waals surface area contributed by atoms with Crippen molar-refractivity contribution in [2.45, 2.75) is 25.5 Å². The lowest BCUT2D eigenvalue weighted by molar-refractivity contribution is 0.0858. The molecule has 2 atom stereocenters. The number of aliphatic hydroxyl groups excluding tert-OH is 1. The quantitative estimate of drug-likeness (QED) is 0.790. The molecular formula is C17H17NO3. The summed E-state index contributed by atoms with van der Waals surface area (Å²) in [6, 6.07) is 12.1. The van der Waals surface area contributed by atoms with Gasteiger partial charge >= 0.3 is 0 Å². The van der Waals surface area contributed by atoms with E-state index in [2.05, 4.69) is 5.32 Å². The Balaban J connectivity index is 1.83. The number of carbonyl (C=O) groups excluding carboxylic acids is 1. The monoisotopic (exact) mass is 283 g/mol. The Labute approximate surface area is 123 Å². The van der Waals surface area contributed by atoms with E-state index in [4.69, 9.17) is 0 Å². The van der Waals surface area contributed by atoms with Crippen LogP contribution in [0.2, 0.25) is 0 Å². The Morgan fingerprint density at radius 3 is 2.76 bits per heavy atom. The number of benzene rings is 2. The molecule has 108 valence electrons. The normalized spacial score (nSPS) is 20.1. The molecule has 2 aromatic rings. The first kappa shape index (κ1) is 13.6. The van der Waals surface area contributed by atoms with Crippen molar-refractivity contribution in [1.82, 2.24) is 5.32 Å². The molecule has 0 radical (unpaired) electrons. The summed E-state index contributed by atoms with van der Waals surface area (Å²) in [7, 11) is 0. The van der Waals surface area contributed by atoms with Gasteiger partial charge in [0.15, 0.2) is 0 Å². The SMILES string of the molecule is Cc1ccc(C(=O)N[C@@H]2c3ccccc3C[C@@H]2O)cc1O. The number of fused-ring (bicyclic) bond motifs is 1. The Bertz CT molecular complexity index is 696. The molecule has 21 heavy (non-hydrogen) atoms. The number of aromatic hydroxyl groups is 1. The highest BCUT2D eigenvalue weighted by molar-refractivity contribution is 5.95. The molecule has 3 N–H and O–H groups in total. The Morgan fingerprint density at radius 1 is 1.24 bits per heavy atom. The van der Waals surface area contributed by atoms with Crippen molar-refractivity contribution >= 4 is 5.91 Å². The first-order chi connectivity index (χ1) is 10.1. The van der Waals surface area contributed by atoms with Crippen LogP contribution in [0.5, 0.6) is 5.75 Å². The van der Waals surface area contributed by atoms with Gasteiger partial charge in [-0.2, -0.15) is 0 Å². The van der Waals surface area contributed by atoms with E-state index < -0.39 is 12.1 Å². The number of nitrogens with one attached hydrogen (secondary N) is 1. The van der Waals surface area contributed by atoms with E-state index in [0.717, 1.165) is 16.7 Å². The number of hydrogen-bond acceptors (Lipinski definition) is 3. The predicted molar refractivity (Wildman–Crippen MR) is 79.2 cm³/mol. The van der Waals surface area contributed by atoms with Gasteiger partial charge in [-0.25, -0.2) is 0 Å². The second kappa shape index (κ2) is 5.22. The third-order valence-electron chi connectivity index (χ3n) is 3.96. The molecular weight excluding hydrogens is 266 g/mol. The number of phenols is 1. The largest absolute Gasteiger partial charge is 0.508 e. The van der Waals surface area contributed by atoms with E-state index >= 15 is 0 Å². The molecule has 0 unspecified atom stereocenters. The summed E-state index contributed by atoms with van der Waals surface area (Å²) in [4.78, 5) is 12.3. The van der Waals surface area contributed by atoms with Crippen LogP contribution in [0.25, 0.3) is 0 Å². The smallest absolute Gasteiger partial charge is 0.251 e. The summed E-state index contributed by atoms with van der Waals surface area (Å²) in [5.74, 6) is -0.207. The molecule has 1 aliphatic rings. The van der Waals surface area contributed by atoms with Crippen molar-refractivity contribution in [2.24, 2.45) is 0 Å². The Hall–Kier alpha value is -2.33. The van der Waals surface area contributed by atoms with Crippen LogP contribution in [-0.2, 0) is 6.42 Å². The van der Waals surface area contributed by atoms with Crippen LogP contribution in [0.3, 0.4) is 0 Å². The highest BCUT2D eigenvalue weighted by atomic mass is 16.3. The van der Waals surface area contributed by atoms with Gasteiger partial charge in [-0.05, 0) is 35.7 Å². The summed E-state index contributed by atoms with van der Waals surface area (Å²) < 4.78 is 0. The van der Waals surface area contributed by atoms with Crippen molar-refractivity contribution in [3.8, 4) is 5.75 Å². The first-order valence-corrected chi connectivity index (χ1v) is 6.92. The molecule has 3 rings (SSSR count). The molecule has 0 bridgehead atoms. The van der Waals surface area contributed by atoms with Crippen molar-refractivity contribution in [2.75, 3.05) is 0 Å². The standard InChI is InChI=1S/C17H17NO3/c1-10-6-7-12(9-14(10)19)17(21)18-16-13-5-3-2-4-11(13)8-15(16)20/h2-7,9,15-16,19-20H,8H2,1H3,(H,18,21)/t15-,16+/m0/s1. The Morgan fingerprint density at radius 2 is 2.00 bits per heavy atom. The van der Waals surface area contributed by atoms with E-state index in [1.165, 1.54) is 6.07 Å². The van der Waals surface area contributed by atoms with Crippen LogP contribution in [0.15, 0.2) is 42.5 Å². The number of aryl methyl sites for hydroxylation is 1. The average molecular weight is 283 g/mol. The lowest BCUT2D eigenvalue weighted by Crippen LogP contribution is -2.33. The van der Waals surface area contributed by atoms with Crippen molar-refractivity contribution in [1.29, 1.82) is 0 Å². The minimum Gasteiger partial charge on any atom is -0.508 e. The van der Waals surface area contributed by atoms with E-state index in [-0.39, 0.29) is 11.7 Å². The van der Waals surface area contributed by atoms with Gasteiger partial charge in [0.1, 0.15) is 5.75 Å². The topological polar surface area (TPSA) is 69.6 Å². The summed E-state index contributed by atoms with van der Waals surface area (Å²) in [6.07, 6.45) is -0.0781. The number of aliphatic hydroxyl groups is 1. The van der Waals surface area contributed by atoms with Crippen LogP contribution in [0.4, 0.5) is 0 Å². The maximum absolute atomic E-state index is 12.3. The van der Waals surface area contributed by atoms with Crippen LogP contribution >= 0.6 is 0 Å². The fourth-order valence-corrected chi connectivity index (χ4v) is 2.72. The van der Waals surface area contributed by atoms with Gasteiger partial charge in [0.2, 0.25) is 0 Å². The number of hydrogen-bond donors (Lipinski definition) is 3. The lowest BCUT2D eigenvalue weighted by Gasteiger charge is -2.18. The number of rotatable bonds is 2. The fraction of sp³-hybridized carbons (Fsp3) is 0.235. The molecule has 2 aromatic carbocycles. The maximum atomic E-state index is 12.3. The van der Waals surface area contributed by atoms with Crippen molar-refractivity contribution in [3.63, 3.8) is 0 Å². The summed E-state index contributed by atoms with van der Waals surface area (Å²) >= 11 is 0. The minimum absolute atomic E-state index is 0.0926. The second-order valence-corrected chi connectivity index (χ2v) is 5.42. The van der Waals surface area contributed by atoms with Crippen LogP contribution in [-0.4, -0.2) is 22.2 Å². The van der Waals surface area contributed by atoms with Gasteiger partial charge in [-0.1, -0.05) is 30.3 Å². The molecule has 0 saturated heterocycles. The molecule has 0 spiro atoms. The second-order valence-electron chi connectivity index (χ2n) is 5.42. The summed E-state index contributed by atoms with van der Waals surface area (Å²) in [6.45, 7) is 1.77. The van der Waals surface area contributed by atoms with Gasteiger partial charge in [0.05, 0.1) is 12.1 Å². The van der Waals surface area contributed by atoms with Crippen LogP contribution < -0.4 is 5.32 Å². The molecule has 4 nitrogen and oxygen atoms in total. The highest BCUT2D eigenvalue weighted by Crippen LogP contribution is 2.31. The molecule has 4 heteroatoms. The zero-order valence-electron chi connectivity index (χ0n) is 11.7. The zero-order valence-corrected chi connectivity index (χ0v) is 11.7. The van der Waals surface area contributed by atoms with E-state index in [1.54, 1.807) is 19.1 Å². The molecule has 0 aliphatic heterocycles. The molecule has 1 amide bonds. The number of phenolic OH excluding ortho intramolecular Hbond substituents is 1. The number of carbonyl (C=O) groups is 1. The fourth-order valence-electron chi connectivity index (χ4n) is 2.72. The minimum atomic E-state index is -0.620. The summed E-state index contributed by atoms with van der Waals surface area (Å²) in [5.41, 5.74) is 3.12. The third kappa shape index (κ3) is 2.50. The van der Waals surface area contributed by atoms with Gasteiger partial charge in [-0.15, -0.1) is 0 Å².